The summed E-state index contributed by atoms with van der Waals surface area (Å²) < 4.78 is 12.7. The van der Waals surface area contributed by atoms with Crippen molar-refractivity contribution in [3.63, 3.8) is 0 Å². The summed E-state index contributed by atoms with van der Waals surface area (Å²) in [6.45, 7) is 4.69. The van der Waals surface area contributed by atoms with Crippen molar-refractivity contribution >= 4 is 0 Å². The minimum absolute atomic E-state index is 0.157. The van der Waals surface area contributed by atoms with Gasteiger partial charge >= 0.3 is 0 Å². The van der Waals surface area contributed by atoms with E-state index >= 15 is 0 Å². The van der Waals surface area contributed by atoms with Crippen molar-refractivity contribution in [3.8, 4) is 0 Å². The molecule has 5 heteroatoms. The van der Waals surface area contributed by atoms with Gasteiger partial charge in [-0.15, -0.1) is 0 Å². The largest absolute Gasteiger partial charge is 0.395 e. The smallest absolute Gasteiger partial charge is 0.141 e. The number of pyridine rings is 1. The molecule has 0 amide bonds. The number of nitrogens with two attached hydrogens (primary N) is 1. The molecule has 102 valence electrons. The maximum atomic E-state index is 12.7. The standard InChI is InChI=1S/C13H22FN3O/c1-2-6-17(8-9-18)7-5-12(15)13-4-3-11(14)10-16-13/h3-4,10,12,18H,2,5-9,15H2,1H3. The van der Waals surface area contributed by atoms with Gasteiger partial charge in [-0.25, -0.2) is 4.39 Å². The van der Waals surface area contributed by atoms with Crippen LogP contribution >= 0.6 is 0 Å². The lowest BCUT2D eigenvalue weighted by Gasteiger charge is -2.22. The fourth-order valence-electron chi connectivity index (χ4n) is 1.87. The molecule has 1 unspecified atom stereocenters. The zero-order chi connectivity index (χ0) is 13.4. The molecule has 0 saturated carbocycles. The van der Waals surface area contributed by atoms with Crippen molar-refractivity contribution < 1.29 is 9.50 Å². The number of rotatable bonds is 8. The highest BCUT2D eigenvalue weighted by atomic mass is 19.1. The van der Waals surface area contributed by atoms with Crippen molar-refractivity contribution in [2.75, 3.05) is 26.2 Å². The van der Waals surface area contributed by atoms with Crippen LogP contribution in [0.15, 0.2) is 18.3 Å². The normalized spacial score (nSPS) is 12.9. The summed E-state index contributed by atoms with van der Waals surface area (Å²) in [6, 6.07) is 2.80. The van der Waals surface area contributed by atoms with Crippen LogP contribution in [-0.2, 0) is 0 Å². The Bertz CT molecular complexity index is 326. The van der Waals surface area contributed by atoms with E-state index in [-0.39, 0.29) is 18.5 Å². The molecule has 0 radical (unpaired) electrons. The Hall–Kier alpha value is -1.04. The number of hydrogen-bond donors (Lipinski definition) is 2. The number of aliphatic hydroxyl groups excluding tert-OH is 1. The summed E-state index contributed by atoms with van der Waals surface area (Å²) in [5.41, 5.74) is 6.72. The molecule has 0 aromatic carbocycles. The summed E-state index contributed by atoms with van der Waals surface area (Å²) in [5.74, 6) is -0.348. The number of hydrogen-bond acceptors (Lipinski definition) is 4. The van der Waals surface area contributed by atoms with Gasteiger partial charge in [-0.3, -0.25) is 4.98 Å². The molecule has 0 fully saturated rings. The van der Waals surface area contributed by atoms with Crippen molar-refractivity contribution in [2.45, 2.75) is 25.8 Å². The van der Waals surface area contributed by atoms with Gasteiger partial charge in [0.2, 0.25) is 0 Å². The predicted molar refractivity (Wildman–Crippen MR) is 69.6 cm³/mol. The Morgan fingerprint density at radius 1 is 1.39 bits per heavy atom. The van der Waals surface area contributed by atoms with E-state index in [0.29, 0.717) is 12.2 Å². The quantitative estimate of drug-likeness (QED) is 0.735. The van der Waals surface area contributed by atoms with E-state index < -0.39 is 0 Å². The van der Waals surface area contributed by atoms with Gasteiger partial charge in [-0.1, -0.05) is 6.92 Å². The molecule has 0 spiro atoms. The van der Waals surface area contributed by atoms with Gasteiger partial charge in [0.05, 0.1) is 18.5 Å². The second kappa shape index (κ2) is 8.13. The highest BCUT2D eigenvalue weighted by Gasteiger charge is 2.10. The first-order valence-electron chi connectivity index (χ1n) is 6.37. The van der Waals surface area contributed by atoms with Gasteiger partial charge in [0.1, 0.15) is 5.82 Å². The number of halogens is 1. The van der Waals surface area contributed by atoms with Crippen LogP contribution in [0, 0.1) is 5.82 Å². The average Bonchev–Trinajstić information content (AvgIpc) is 2.37. The summed E-state index contributed by atoms with van der Waals surface area (Å²) in [7, 11) is 0. The maximum Gasteiger partial charge on any atom is 0.141 e. The molecular weight excluding hydrogens is 233 g/mol. The molecular formula is C13H22FN3O. The lowest BCUT2D eigenvalue weighted by molar-refractivity contribution is 0.191. The molecule has 3 N–H and O–H groups in total. The van der Waals surface area contributed by atoms with Gasteiger partial charge < -0.3 is 15.7 Å². The first-order valence-corrected chi connectivity index (χ1v) is 6.37. The number of aliphatic hydroxyl groups is 1. The Morgan fingerprint density at radius 2 is 2.17 bits per heavy atom. The van der Waals surface area contributed by atoms with Crippen LogP contribution in [0.1, 0.15) is 31.5 Å². The second-order valence-corrected chi connectivity index (χ2v) is 4.36. The predicted octanol–water partition coefficient (Wildman–Crippen LogP) is 1.31. The molecule has 0 saturated heterocycles. The molecule has 1 rings (SSSR count). The van der Waals surface area contributed by atoms with Gasteiger partial charge in [-0.05, 0) is 31.5 Å². The fraction of sp³-hybridized carbons (Fsp3) is 0.615. The number of nitrogens with zero attached hydrogens (tertiary/aromatic N) is 2. The van der Waals surface area contributed by atoms with Gasteiger partial charge in [0, 0.05) is 19.1 Å². The van der Waals surface area contributed by atoms with Gasteiger partial charge in [0.15, 0.2) is 0 Å². The lowest BCUT2D eigenvalue weighted by atomic mass is 10.1. The van der Waals surface area contributed by atoms with Crippen molar-refractivity contribution in [1.82, 2.24) is 9.88 Å². The van der Waals surface area contributed by atoms with Crippen LogP contribution in [0.3, 0.4) is 0 Å². The van der Waals surface area contributed by atoms with E-state index in [1.807, 2.05) is 0 Å². The molecule has 18 heavy (non-hydrogen) atoms. The highest BCUT2D eigenvalue weighted by molar-refractivity contribution is 5.09. The van der Waals surface area contributed by atoms with Crippen LogP contribution in [0.4, 0.5) is 4.39 Å². The van der Waals surface area contributed by atoms with Crippen LogP contribution < -0.4 is 5.73 Å². The van der Waals surface area contributed by atoms with E-state index in [2.05, 4.69) is 16.8 Å². The Balaban J connectivity index is 2.43. The lowest BCUT2D eigenvalue weighted by Crippen LogP contribution is -2.31. The van der Waals surface area contributed by atoms with E-state index in [9.17, 15) is 4.39 Å². The molecule has 0 aliphatic rings. The SMILES string of the molecule is CCCN(CCO)CCC(N)c1ccc(F)cn1. The summed E-state index contributed by atoms with van der Waals surface area (Å²) in [6.07, 6.45) is 2.98. The molecule has 0 aliphatic heterocycles. The monoisotopic (exact) mass is 255 g/mol. The summed E-state index contributed by atoms with van der Waals surface area (Å²) in [4.78, 5) is 6.15. The first-order chi connectivity index (χ1) is 8.67. The molecule has 1 aromatic heterocycles. The highest BCUT2D eigenvalue weighted by Crippen LogP contribution is 2.12. The van der Waals surface area contributed by atoms with Crippen LogP contribution in [0.25, 0.3) is 0 Å². The molecule has 1 atom stereocenters. The van der Waals surface area contributed by atoms with Crippen LogP contribution in [0.2, 0.25) is 0 Å². The second-order valence-electron chi connectivity index (χ2n) is 4.36. The van der Waals surface area contributed by atoms with Crippen LogP contribution in [-0.4, -0.2) is 41.2 Å². The minimum atomic E-state index is -0.348. The van der Waals surface area contributed by atoms with E-state index in [1.165, 1.54) is 12.3 Å². The number of aromatic nitrogens is 1. The molecule has 1 heterocycles. The third-order valence-corrected chi connectivity index (χ3v) is 2.84. The molecule has 0 bridgehead atoms. The van der Waals surface area contributed by atoms with Gasteiger partial charge in [0.25, 0.3) is 0 Å². The zero-order valence-corrected chi connectivity index (χ0v) is 10.8. The van der Waals surface area contributed by atoms with Crippen molar-refractivity contribution in [1.29, 1.82) is 0 Å². The van der Waals surface area contributed by atoms with E-state index in [4.69, 9.17) is 10.8 Å². The average molecular weight is 255 g/mol. The van der Waals surface area contributed by atoms with Crippen LogP contribution in [0.5, 0.6) is 0 Å². The van der Waals surface area contributed by atoms with E-state index in [0.717, 1.165) is 25.9 Å². The van der Waals surface area contributed by atoms with E-state index in [1.54, 1.807) is 6.07 Å². The van der Waals surface area contributed by atoms with Crippen molar-refractivity contribution in [3.05, 3.63) is 29.8 Å². The summed E-state index contributed by atoms with van der Waals surface area (Å²) >= 11 is 0. The third kappa shape index (κ3) is 5.08. The van der Waals surface area contributed by atoms with Gasteiger partial charge in [-0.2, -0.15) is 0 Å². The summed E-state index contributed by atoms with van der Waals surface area (Å²) in [5, 5.41) is 8.95. The Morgan fingerprint density at radius 3 is 2.72 bits per heavy atom. The first kappa shape index (κ1) is 15.0. The maximum absolute atomic E-state index is 12.7. The fourth-order valence-corrected chi connectivity index (χ4v) is 1.87. The molecule has 0 aliphatic carbocycles. The molecule has 1 aromatic rings. The third-order valence-electron chi connectivity index (χ3n) is 2.84. The zero-order valence-electron chi connectivity index (χ0n) is 10.8. The Labute approximate surface area is 108 Å². The minimum Gasteiger partial charge on any atom is -0.395 e. The topological polar surface area (TPSA) is 62.4 Å². The molecule has 4 nitrogen and oxygen atoms in total. The Kier molecular flexibility index (Phi) is 6.78. The van der Waals surface area contributed by atoms with Crippen molar-refractivity contribution in [2.24, 2.45) is 5.73 Å².